The second-order valence-electron chi connectivity index (χ2n) is 5.49. The lowest BCUT2D eigenvalue weighted by atomic mass is 10.4. The zero-order valence-corrected chi connectivity index (χ0v) is 13.7. The molecule has 4 rings (SSSR count). The van der Waals surface area contributed by atoms with Gasteiger partial charge in [0.05, 0.1) is 24.4 Å². The monoisotopic (exact) mass is 335 g/mol. The van der Waals surface area contributed by atoms with Crippen molar-refractivity contribution >= 4 is 34.8 Å². The van der Waals surface area contributed by atoms with Gasteiger partial charge in [-0.25, -0.2) is 0 Å². The van der Waals surface area contributed by atoms with Crippen LogP contribution in [0.15, 0.2) is 17.2 Å². The van der Waals surface area contributed by atoms with Gasteiger partial charge in [-0.1, -0.05) is 0 Å². The molecule has 22 heavy (non-hydrogen) atoms. The van der Waals surface area contributed by atoms with E-state index in [1.54, 1.807) is 16.0 Å². The van der Waals surface area contributed by atoms with Crippen LogP contribution in [0.1, 0.15) is 29.5 Å². The molecule has 1 saturated heterocycles. The highest BCUT2D eigenvalue weighted by molar-refractivity contribution is 7.71. The summed E-state index contributed by atoms with van der Waals surface area (Å²) in [7, 11) is 0. The van der Waals surface area contributed by atoms with E-state index in [1.165, 1.54) is 17.8 Å². The number of ether oxygens (including phenoxy) is 1. The Hall–Kier alpha value is -1.51. The highest BCUT2D eigenvalue weighted by Gasteiger charge is 2.29. The maximum Gasteiger partial charge on any atom is 0.216 e. The molecule has 1 aliphatic carbocycles. The molecule has 1 aliphatic heterocycles. The average Bonchev–Trinajstić information content (AvgIpc) is 3.17. The summed E-state index contributed by atoms with van der Waals surface area (Å²) in [5, 5.41) is 12.9. The zero-order valence-electron chi connectivity index (χ0n) is 12.1. The number of nitrogens with one attached hydrogen (secondary N) is 1. The summed E-state index contributed by atoms with van der Waals surface area (Å²) in [6, 6.07) is 4.24. The lowest BCUT2D eigenvalue weighted by Gasteiger charge is -2.27. The van der Waals surface area contributed by atoms with E-state index < -0.39 is 0 Å². The Morgan fingerprint density at radius 2 is 2.18 bits per heavy atom. The van der Waals surface area contributed by atoms with Crippen LogP contribution < -0.4 is 4.90 Å². The number of hydrogen-bond donors (Lipinski definition) is 1. The minimum Gasteiger partial charge on any atom is -0.378 e. The van der Waals surface area contributed by atoms with E-state index in [4.69, 9.17) is 17.0 Å². The molecular weight excluding hydrogens is 318 g/mol. The standard InChI is InChI=1S/C14H17N5OS2/c21-14-17-16-13(10-1-2-10)19(14)15-9-11-3-4-12(22-11)18-5-7-20-8-6-18/h3-4,9-10H,1-2,5-8H2,(H,17,21)/b15-9-. The number of nitrogens with zero attached hydrogens (tertiary/aromatic N) is 4. The molecule has 2 aromatic rings. The SMILES string of the molecule is S=c1[nH]nc(C2CC2)n1/N=C\c1ccc(N2CCOCC2)s1. The van der Waals surface area contributed by atoms with Crippen LogP contribution in [0.5, 0.6) is 0 Å². The van der Waals surface area contributed by atoms with Gasteiger partial charge in [0, 0.05) is 23.9 Å². The number of thiophene rings is 1. The van der Waals surface area contributed by atoms with E-state index in [0.29, 0.717) is 10.7 Å². The van der Waals surface area contributed by atoms with Gasteiger partial charge in [0.1, 0.15) is 0 Å². The summed E-state index contributed by atoms with van der Waals surface area (Å²) in [6.07, 6.45) is 4.22. The quantitative estimate of drug-likeness (QED) is 0.689. The van der Waals surface area contributed by atoms with Crippen LogP contribution >= 0.6 is 23.6 Å². The predicted octanol–water partition coefficient (Wildman–Crippen LogP) is 2.60. The molecule has 0 radical (unpaired) electrons. The lowest BCUT2D eigenvalue weighted by Crippen LogP contribution is -2.35. The van der Waals surface area contributed by atoms with Crippen LogP contribution in [0.4, 0.5) is 5.00 Å². The predicted molar refractivity (Wildman–Crippen MR) is 89.7 cm³/mol. The van der Waals surface area contributed by atoms with Gasteiger partial charge < -0.3 is 9.64 Å². The molecule has 2 aliphatic rings. The third-order valence-electron chi connectivity index (χ3n) is 3.85. The second-order valence-corrected chi connectivity index (χ2v) is 6.97. The van der Waals surface area contributed by atoms with Gasteiger partial charge in [0.25, 0.3) is 0 Å². The van der Waals surface area contributed by atoms with Crippen LogP contribution in [0, 0.1) is 4.77 Å². The molecule has 1 saturated carbocycles. The third kappa shape index (κ3) is 2.86. The zero-order chi connectivity index (χ0) is 14.9. The van der Waals surface area contributed by atoms with Crippen molar-refractivity contribution in [2.24, 2.45) is 5.10 Å². The number of aromatic nitrogens is 3. The minimum atomic E-state index is 0.511. The fraction of sp³-hybridized carbons (Fsp3) is 0.500. The molecule has 0 aromatic carbocycles. The van der Waals surface area contributed by atoms with E-state index in [2.05, 4.69) is 32.3 Å². The Bertz CT molecular complexity index is 736. The van der Waals surface area contributed by atoms with Crippen LogP contribution in [-0.4, -0.2) is 47.4 Å². The maximum absolute atomic E-state index is 5.39. The van der Waals surface area contributed by atoms with Gasteiger partial charge in [0.2, 0.25) is 4.77 Å². The fourth-order valence-electron chi connectivity index (χ4n) is 2.50. The van der Waals surface area contributed by atoms with Gasteiger partial charge in [-0.05, 0) is 37.2 Å². The van der Waals surface area contributed by atoms with Crippen molar-refractivity contribution in [3.05, 3.63) is 27.6 Å². The summed E-state index contributed by atoms with van der Waals surface area (Å²) >= 11 is 7.00. The van der Waals surface area contributed by atoms with Crippen molar-refractivity contribution in [1.82, 2.24) is 14.9 Å². The largest absolute Gasteiger partial charge is 0.378 e. The van der Waals surface area contributed by atoms with Crippen molar-refractivity contribution in [2.75, 3.05) is 31.2 Å². The number of aromatic amines is 1. The molecule has 0 amide bonds. The molecule has 0 unspecified atom stereocenters. The lowest BCUT2D eigenvalue weighted by molar-refractivity contribution is 0.123. The highest BCUT2D eigenvalue weighted by atomic mass is 32.1. The number of H-pyrrole nitrogens is 1. The van der Waals surface area contributed by atoms with Gasteiger partial charge in [-0.2, -0.15) is 14.9 Å². The normalized spacial score (nSPS) is 19.2. The highest BCUT2D eigenvalue weighted by Crippen LogP contribution is 2.38. The topological polar surface area (TPSA) is 58.4 Å². The average molecular weight is 335 g/mol. The van der Waals surface area contributed by atoms with E-state index in [-0.39, 0.29) is 0 Å². The molecule has 0 atom stereocenters. The van der Waals surface area contributed by atoms with Crippen molar-refractivity contribution < 1.29 is 4.74 Å². The molecule has 0 bridgehead atoms. The number of anilines is 1. The van der Waals surface area contributed by atoms with Crippen molar-refractivity contribution in [3.8, 4) is 0 Å². The first kappa shape index (κ1) is 14.1. The Morgan fingerprint density at radius 1 is 1.36 bits per heavy atom. The van der Waals surface area contributed by atoms with Gasteiger partial charge in [-0.15, -0.1) is 11.3 Å². The Labute approximate surface area is 137 Å². The van der Waals surface area contributed by atoms with Crippen LogP contribution in [-0.2, 0) is 4.74 Å². The van der Waals surface area contributed by atoms with Crippen molar-refractivity contribution in [1.29, 1.82) is 0 Å². The Balaban J connectivity index is 1.52. The minimum absolute atomic E-state index is 0.511. The van der Waals surface area contributed by atoms with E-state index in [9.17, 15) is 0 Å². The van der Waals surface area contributed by atoms with Crippen LogP contribution in [0.25, 0.3) is 0 Å². The number of morpholine rings is 1. The van der Waals surface area contributed by atoms with Crippen LogP contribution in [0.3, 0.4) is 0 Å². The van der Waals surface area contributed by atoms with E-state index >= 15 is 0 Å². The van der Waals surface area contributed by atoms with Crippen molar-refractivity contribution in [2.45, 2.75) is 18.8 Å². The summed E-state index contributed by atoms with van der Waals surface area (Å²) in [6.45, 7) is 3.51. The first-order valence-electron chi connectivity index (χ1n) is 7.45. The van der Waals surface area contributed by atoms with E-state index in [0.717, 1.165) is 37.0 Å². The number of hydrogen-bond acceptors (Lipinski definition) is 6. The summed E-state index contributed by atoms with van der Waals surface area (Å²) in [5.74, 6) is 1.46. The summed E-state index contributed by atoms with van der Waals surface area (Å²) < 4.78 is 7.70. The molecule has 116 valence electrons. The van der Waals surface area contributed by atoms with E-state index in [1.807, 2.05) is 6.21 Å². The summed E-state index contributed by atoms with van der Waals surface area (Å²) in [5.41, 5.74) is 0. The first-order chi connectivity index (χ1) is 10.8. The molecule has 0 spiro atoms. The number of rotatable bonds is 4. The van der Waals surface area contributed by atoms with Crippen molar-refractivity contribution in [3.63, 3.8) is 0 Å². The summed E-state index contributed by atoms with van der Waals surface area (Å²) in [4.78, 5) is 3.47. The molecule has 6 nitrogen and oxygen atoms in total. The molecule has 2 fully saturated rings. The Kier molecular flexibility index (Phi) is 3.81. The Morgan fingerprint density at radius 3 is 2.95 bits per heavy atom. The fourth-order valence-corrected chi connectivity index (χ4v) is 3.61. The molecule has 2 aromatic heterocycles. The first-order valence-corrected chi connectivity index (χ1v) is 8.68. The molecule has 1 N–H and O–H groups in total. The van der Waals surface area contributed by atoms with Gasteiger partial charge in [0.15, 0.2) is 5.82 Å². The smallest absolute Gasteiger partial charge is 0.216 e. The molecular formula is C14H17N5OS2. The second kappa shape index (κ2) is 5.94. The van der Waals surface area contributed by atoms with Gasteiger partial charge >= 0.3 is 0 Å². The third-order valence-corrected chi connectivity index (χ3v) is 5.20. The van der Waals surface area contributed by atoms with Crippen LogP contribution in [0.2, 0.25) is 0 Å². The molecule has 8 heteroatoms. The molecule has 3 heterocycles. The van der Waals surface area contributed by atoms with Gasteiger partial charge in [-0.3, -0.25) is 5.10 Å². The maximum atomic E-state index is 5.39.